The summed E-state index contributed by atoms with van der Waals surface area (Å²) in [5, 5.41) is 3.38. The van der Waals surface area contributed by atoms with E-state index in [1.807, 2.05) is 6.07 Å². The van der Waals surface area contributed by atoms with Gasteiger partial charge in [0.1, 0.15) is 5.82 Å². The lowest BCUT2D eigenvalue weighted by molar-refractivity contribution is 0.229. The number of nitrogens with zero attached hydrogens (tertiary/aromatic N) is 2. The predicted octanol–water partition coefficient (Wildman–Crippen LogP) is 1.65. The van der Waals surface area contributed by atoms with E-state index >= 15 is 0 Å². The summed E-state index contributed by atoms with van der Waals surface area (Å²) in [4.78, 5) is 4.86. The first kappa shape index (κ1) is 12.9. The molecule has 1 aromatic carbocycles. The van der Waals surface area contributed by atoms with E-state index < -0.39 is 0 Å². The van der Waals surface area contributed by atoms with Crippen molar-refractivity contribution in [3.05, 3.63) is 29.6 Å². The summed E-state index contributed by atoms with van der Waals surface area (Å²) in [6.45, 7) is 9.59. The number of anilines is 1. The van der Waals surface area contributed by atoms with E-state index in [1.165, 1.54) is 11.3 Å². The van der Waals surface area contributed by atoms with E-state index in [-0.39, 0.29) is 5.82 Å². The molecule has 2 aliphatic heterocycles. The fraction of sp³-hybridized carbons (Fsp3) is 0.600. The van der Waals surface area contributed by atoms with Gasteiger partial charge in [-0.1, -0.05) is 0 Å². The van der Waals surface area contributed by atoms with Gasteiger partial charge in [0.2, 0.25) is 0 Å². The molecule has 0 spiro atoms. The van der Waals surface area contributed by atoms with E-state index in [0.29, 0.717) is 5.92 Å². The van der Waals surface area contributed by atoms with Gasteiger partial charge < -0.3 is 15.1 Å². The second-order valence-corrected chi connectivity index (χ2v) is 5.49. The highest BCUT2D eigenvalue weighted by atomic mass is 19.1. The Labute approximate surface area is 114 Å². The van der Waals surface area contributed by atoms with Crippen LogP contribution in [0.3, 0.4) is 0 Å². The van der Waals surface area contributed by atoms with Crippen LogP contribution in [-0.2, 0) is 0 Å². The van der Waals surface area contributed by atoms with Gasteiger partial charge in [-0.15, -0.1) is 0 Å². The van der Waals surface area contributed by atoms with Crippen molar-refractivity contribution in [3.8, 4) is 0 Å². The van der Waals surface area contributed by atoms with Crippen molar-refractivity contribution in [2.45, 2.75) is 12.8 Å². The molecule has 0 bridgehead atoms. The maximum atomic E-state index is 13.5. The van der Waals surface area contributed by atoms with Crippen LogP contribution >= 0.6 is 0 Å². The number of piperazine rings is 1. The molecule has 0 aromatic heterocycles. The second kappa shape index (κ2) is 5.47. The SMILES string of the molecule is CCN1CC(CN2CCNCC2)c2cc(F)ccc21. The average molecular weight is 263 g/mol. The Hall–Kier alpha value is -1.13. The Morgan fingerprint density at radius 1 is 1.32 bits per heavy atom. The van der Waals surface area contributed by atoms with Crippen molar-refractivity contribution in [2.75, 3.05) is 50.7 Å². The Morgan fingerprint density at radius 3 is 2.84 bits per heavy atom. The van der Waals surface area contributed by atoms with E-state index in [9.17, 15) is 4.39 Å². The van der Waals surface area contributed by atoms with Gasteiger partial charge in [0, 0.05) is 57.4 Å². The molecule has 19 heavy (non-hydrogen) atoms. The van der Waals surface area contributed by atoms with E-state index in [0.717, 1.165) is 45.8 Å². The lowest BCUT2D eigenvalue weighted by Crippen LogP contribution is -2.45. The first-order chi connectivity index (χ1) is 9.28. The maximum absolute atomic E-state index is 13.5. The van der Waals surface area contributed by atoms with Gasteiger partial charge in [0.15, 0.2) is 0 Å². The number of hydrogen-bond acceptors (Lipinski definition) is 3. The summed E-state index contributed by atoms with van der Waals surface area (Å²) in [6.07, 6.45) is 0. The Morgan fingerprint density at radius 2 is 2.11 bits per heavy atom. The lowest BCUT2D eigenvalue weighted by atomic mass is 10.0. The Balaban J connectivity index is 1.78. The number of rotatable bonds is 3. The Bertz CT molecular complexity index is 443. The molecule has 3 rings (SSSR count). The van der Waals surface area contributed by atoms with Crippen LogP contribution in [0.2, 0.25) is 0 Å². The third-order valence-electron chi connectivity index (χ3n) is 4.28. The number of likely N-dealkylation sites (N-methyl/N-ethyl adjacent to an activating group) is 1. The monoisotopic (exact) mass is 263 g/mol. The quantitative estimate of drug-likeness (QED) is 0.894. The molecule has 0 saturated carbocycles. The summed E-state index contributed by atoms with van der Waals surface area (Å²) in [5.41, 5.74) is 2.42. The first-order valence-corrected chi connectivity index (χ1v) is 7.25. The highest BCUT2D eigenvalue weighted by molar-refractivity contribution is 5.60. The first-order valence-electron chi connectivity index (χ1n) is 7.25. The highest BCUT2D eigenvalue weighted by Gasteiger charge is 2.29. The van der Waals surface area contributed by atoms with Gasteiger partial charge in [0.25, 0.3) is 0 Å². The summed E-state index contributed by atoms with van der Waals surface area (Å²) in [5.74, 6) is 0.339. The third kappa shape index (κ3) is 2.60. The van der Waals surface area contributed by atoms with Crippen molar-refractivity contribution in [1.29, 1.82) is 0 Å². The third-order valence-corrected chi connectivity index (χ3v) is 4.28. The highest BCUT2D eigenvalue weighted by Crippen LogP contribution is 2.36. The molecule has 0 amide bonds. The molecule has 0 aliphatic carbocycles. The van der Waals surface area contributed by atoms with Crippen LogP contribution in [0.5, 0.6) is 0 Å². The molecule has 3 nitrogen and oxygen atoms in total. The minimum Gasteiger partial charge on any atom is -0.371 e. The predicted molar refractivity (Wildman–Crippen MR) is 76.3 cm³/mol. The molecule has 4 heteroatoms. The van der Waals surface area contributed by atoms with Gasteiger partial charge in [-0.3, -0.25) is 0 Å². The molecule has 1 N–H and O–H groups in total. The molecular formula is C15H22FN3. The van der Waals surface area contributed by atoms with Crippen LogP contribution in [0.25, 0.3) is 0 Å². The average Bonchev–Trinajstić information content (AvgIpc) is 2.77. The van der Waals surface area contributed by atoms with Crippen LogP contribution in [0.1, 0.15) is 18.4 Å². The standard InChI is InChI=1S/C15H22FN3/c1-2-19-11-12(10-18-7-5-17-6-8-18)14-9-13(16)3-4-15(14)19/h3-4,9,12,17H,2,5-8,10-11H2,1H3. The zero-order chi connectivity index (χ0) is 13.2. The van der Waals surface area contributed by atoms with Gasteiger partial charge in [-0.2, -0.15) is 0 Å². The molecule has 2 heterocycles. The number of benzene rings is 1. The number of nitrogens with one attached hydrogen (secondary N) is 1. The van der Waals surface area contributed by atoms with Crippen molar-refractivity contribution in [3.63, 3.8) is 0 Å². The molecule has 104 valence electrons. The number of hydrogen-bond donors (Lipinski definition) is 1. The van der Waals surface area contributed by atoms with Crippen molar-refractivity contribution in [2.24, 2.45) is 0 Å². The molecule has 0 radical (unpaired) electrons. The number of halogens is 1. The zero-order valence-electron chi connectivity index (χ0n) is 11.5. The van der Waals surface area contributed by atoms with Crippen molar-refractivity contribution in [1.82, 2.24) is 10.2 Å². The van der Waals surface area contributed by atoms with Gasteiger partial charge in [0.05, 0.1) is 0 Å². The maximum Gasteiger partial charge on any atom is 0.123 e. The van der Waals surface area contributed by atoms with Crippen LogP contribution in [0, 0.1) is 5.82 Å². The summed E-state index contributed by atoms with van der Waals surface area (Å²) >= 11 is 0. The van der Waals surface area contributed by atoms with Crippen LogP contribution in [0.15, 0.2) is 18.2 Å². The van der Waals surface area contributed by atoms with E-state index in [1.54, 1.807) is 12.1 Å². The second-order valence-electron chi connectivity index (χ2n) is 5.49. The minimum absolute atomic E-state index is 0.109. The Kier molecular flexibility index (Phi) is 3.71. The molecule has 1 fully saturated rings. The topological polar surface area (TPSA) is 18.5 Å². The fourth-order valence-corrected chi connectivity index (χ4v) is 3.26. The van der Waals surface area contributed by atoms with Gasteiger partial charge >= 0.3 is 0 Å². The minimum atomic E-state index is -0.109. The summed E-state index contributed by atoms with van der Waals surface area (Å²) in [6, 6.07) is 5.25. The van der Waals surface area contributed by atoms with Crippen LogP contribution in [0.4, 0.5) is 10.1 Å². The van der Waals surface area contributed by atoms with Gasteiger partial charge in [-0.25, -0.2) is 4.39 Å². The molecule has 1 unspecified atom stereocenters. The molecule has 1 atom stereocenters. The zero-order valence-corrected chi connectivity index (χ0v) is 11.5. The smallest absolute Gasteiger partial charge is 0.123 e. The van der Waals surface area contributed by atoms with E-state index in [4.69, 9.17) is 0 Å². The molecule has 1 aromatic rings. The molecule has 1 saturated heterocycles. The van der Waals surface area contributed by atoms with Crippen LogP contribution < -0.4 is 10.2 Å². The molecular weight excluding hydrogens is 241 g/mol. The van der Waals surface area contributed by atoms with E-state index in [2.05, 4.69) is 22.0 Å². The lowest BCUT2D eigenvalue weighted by Gasteiger charge is -2.29. The van der Waals surface area contributed by atoms with Crippen molar-refractivity contribution >= 4 is 5.69 Å². The van der Waals surface area contributed by atoms with Crippen molar-refractivity contribution < 1.29 is 4.39 Å². The summed E-state index contributed by atoms with van der Waals surface area (Å²) in [7, 11) is 0. The summed E-state index contributed by atoms with van der Waals surface area (Å²) < 4.78 is 13.5. The normalized spacial score (nSPS) is 23.7. The number of fused-ring (bicyclic) bond motifs is 1. The van der Waals surface area contributed by atoms with Gasteiger partial charge in [-0.05, 0) is 30.7 Å². The largest absolute Gasteiger partial charge is 0.371 e. The fourth-order valence-electron chi connectivity index (χ4n) is 3.26. The molecule has 2 aliphatic rings. The van der Waals surface area contributed by atoms with Crippen LogP contribution in [-0.4, -0.2) is 50.7 Å².